The normalized spacial score (nSPS) is 28.1. The highest BCUT2D eigenvalue weighted by atomic mass is 35.5. The third kappa shape index (κ3) is 3.38. The molecule has 1 aliphatic carbocycles. The van der Waals surface area contributed by atoms with E-state index in [1.807, 2.05) is 0 Å². The number of anilines is 1. The summed E-state index contributed by atoms with van der Waals surface area (Å²) in [6, 6.07) is 0.142. The smallest absolute Gasteiger partial charge is 0.325 e. The van der Waals surface area contributed by atoms with E-state index in [-0.39, 0.29) is 44.3 Å². The number of pyridine rings is 1. The van der Waals surface area contributed by atoms with Crippen molar-refractivity contribution < 1.29 is 40.9 Å². The van der Waals surface area contributed by atoms with E-state index in [1.54, 1.807) is 0 Å². The van der Waals surface area contributed by atoms with Crippen molar-refractivity contribution in [2.45, 2.75) is 48.9 Å². The van der Waals surface area contributed by atoms with Gasteiger partial charge in [0.15, 0.2) is 0 Å². The Morgan fingerprint density at radius 3 is 2.06 bits per heavy atom. The number of hydrogen-bond donors (Lipinski definition) is 9. The van der Waals surface area contributed by atoms with Crippen molar-refractivity contribution >= 4 is 17.4 Å². The molecule has 2 aromatic heterocycles. The third-order valence-corrected chi connectivity index (χ3v) is 7.33. The zero-order valence-electron chi connectivity index (χ0n) is 18.2. The lowest BCUT2D eigenvalue weighted by Crippen LogP contribution is -2.91. The van der Waals surface area contributed by atoms with Crippen LogP contribution in [0.3, 0.4) is 0 Å². The maximum atomic E-state index is 11.0. The standard InChI is InChI=1S/C20H25ClN6O8/c21-11-5-13(14-8-22-3-4-24-14)15(25-7-11)27-19(32,33)17(28,29)26(18(30,31)20(27,34)35)12-1-2-16(6-12)9-23-10-16/h3-5,7-8,12,23,28-35H,1-2,6,9-10H2. The van der Waals surface area contributed by atoms with Gasteiger partial charge in [0.1, 0.15) is 5.82 Å². The average Bonchev–Trinajstić information content (AvgIpc) is 3.19. The van der Waals surface area contributed by atoms with Crippen LogP contribution in [0.2, 0.25) is 5.02 Å². The summed E-state index contributed by atoms with van der Waals surface area (Å²) in [5.74, 6) is -16.3. The molecule has 1 saturated carbocycles. The summed E-state index contributed by atoms with van der Waals surface area (Å²) < 4.78 is 0. The number of aliphatic hydroxyl groups is 8. The van der Waals surface area contributed by atoms with E-state index in [2.05, 4.69) is 20.3 Å². The second kappa shape index (κ2) is 7.71. The van der Waals surface area contributed by atoms with E-state index < -0.39 is 35.5 Å². The predicted molar refractivity (Wildman–Crippen MR) is 116 cm³/mol. The molecule has 0 bridgehead atoms. The van der Waals surface area contributed by atoms with Crippen LogP contribution in [-0.4, -0.2) is 103 Å². The van der Waals surface area contributed by atoms with Crippen LogP contribution >= 0.6 is 11.6 Å². The molecule has 1 unspecified atom stereocenters. The molecule has 14 nitrogen and oxygen atoms in total. The molecule has 0 amide bonds. The number of rotatable bonds is 3. The van der Waals surface area contributed by atoms with Gasteiger partial charge in [-0.2, -0.15) is 4.90 Å². The summed E-state index contributed by atoms with van der Waals surface area (Å²) >= 11 is 6.03. The first-order chi connectivity index (χ1) is 16.2. The average molecular weight is 513 g/mol. The van der Waals surface area contributed by atoms with Gasteiger partial charge in [0, 0.05) is 43.3 Å². The maximum absolute atomic E-state index is 11.0. The van der Waals surface area contributed by atoms with E-state index in [9.17, 15) is 40.9 Å². The van der Waals surface area contributed by atoms with Gasteiger partial charge < -0.3 is 46.2 Å². The monoisotopic (exact) mass is 512 g/mol. The Kier molecular flexibility index (Phi) is 5.42. The maximum Gasteiger partial charge on any atom is 0.325 e. The van der Waals surface area contributed by atoms with Crippen molar-refractivity contribution in [1.82, 2.24) is 25.2 Å². The summed E-state index contributed by atoms with van der Waals surface area (Å²) in [4.78, 5) is 11.7. The minimum Gasteiger partial charge on any atom is -0.347 e. The second-order valence-corrected chi connectivity index (χ2v) is 9.80. The molecule has 2 saturated heterocycles. The minimum absolute atomic E-state index is 0.0182. The summed E-state index contributed by atoms with van der Waals surface area (Å²) in [6.45, 7) is 1.19. The zero-order chi connectivity index (χ0) is 25.4. The Balaban J connectivity index is 1.65. The fourth-order valence-corrected chi connectivity index (χ4v) is 5.45. The van der Waals surface area contributed by atoms with E-state index in [0.717, 1.165) is 6.20 Å². The third-order valence-electron chi connectivity index (χ3n) is 7.12. The Morgan fingerprint density at radius 2 is 1.54 bits per heavy atom. The van der Waals surface area contributed by atoms with Gasteiger partial charge in [-0.25, -0.2) is 9.88 Å². The minimum atomic E-state index is -3.95. The van der Waals surface area contributed by atoms with Gasteiger partial charge >= 0.3 is 23.6 Å². The first kappa shape index (κ1) is 24.6. The molecule has 5 rings (SSSR count). The van der Waals surface area contributed by atoms with Gasteiger partial charge in [0.2, 0.25) is 0 Å². The molecule has 0 aromatic carbocycles. The highest BCUT2D eigenvalue weighted by Crippen LogP contribution is 2.53. The van der Waals surface area contributed by atoms with Crippen LogP contribution in [0.1, 0.15) is 19.3 Å². The number of halogens is 1. The lowest BCUT2D eigenvalue weighted by Gasteiger charge is -2.62. The molecule has 0 radical (unpaired) electrons. The van der Waals surface area contributed by atoms with Crippen molar-refractivity contribution in [2.24, 2.45) is 5.41 Å². The molecule has 3 fully saturated rings. The van der Waals surface area contributed by atoms with Crippen molar-refractivity contribution in [3.05, 3.63) is 35.9 Å². The van der Waals surface area contributed by atoms with Crippen molar-refractivity contribution in [1.29, 1.82) is 0 Å². The highest BCUT2D eigenvalue weighted by Gasteiger charge is 2.79. The van der Waals surface area contributed by atoms with Gasteiger partial charge in [-0.1, -0.05) is 11.6 Å². The van der Waals surface area contributed by atoms with Gasteiger partial charge in [-0.3, -0.25) is 9.97 Å². The fraction of sp³-hybridized carbons (Fsp3) is 0.550. The molecule has 15 heteroatoms. The van der Waals surface area contributed by atoms with Crippen molar-refractivity contribution in [2.75, 3.05) is 18.0 Å². The largest absolute Gasteiger partial charge is 0.347 e. The second-order valence-electron chi connectivity index (χ2n) is 9.36. The Labute approximate surface area is 203 Å². The number of hydrogen-bond acceptors (Lipinski definition) is 14. The first-order valence-electron chi connectivity index (χ1n) is 10.8. The number of piperazine rings is 1. The first-order valence-corrected chi connectivity index (χ1v) is 11.1. The number of nitrogens with zero attached hydrogens (tertiary/aromatic N) is 5. The van der Waals surface area contributed by atoms with Crippen LogP contribution in [0, 0.1) is 5.41 Å². The van der Waals surface area contributed by atoms with Crippen molar-refractivity contribution in [3.63, 3.8) is 0 Å². The Hall–Kier alpha value is -2.08. The van der Waals surface area contributed by atoms with E-state index in [0.29, 0.717) is 19.5 Å². The lowest BCUT2D eigenvalue weighted by molar-refractivity contribution is -0.553. The summed E-state index contributed by atoms with van der Waals surface area (Å²) in [5.41, 5.74) is -0.415. The van der Waals surface area contributed by atoms with Crippen molar-refractivity contribution in [3.8, 4) is 11.3 Å². The van der Waals surface area contributed by atoms with Crippen LogP contribution in [0.15, 0.2) is 30.9 Å². The molecule has 1 spiro atoms. The van der Waals surface area contributed by atoms with Crippen LogP contribution in [0.5, 0.6) is 0 Å². The van der Waals surface area contributed by atoms with Gasteiger partial charge in [-0.05, 0) is 30.7 Å². The Bertz CT molecular complexity index is 1100. The van der Waals surface area contributed by atoms with Crippen LogP contribution in [-0.2, 0) is 0 Å². The number of aromatic nitrogens is 3. The summed E-state index contributed by atoms with van der Waals surface area (Å²) in [6.07, 6.45) is 5.78. The number of nitrogens with one attached hydrogen (secondary N) is 1. The highest BCUT2D eigenvalue weighted by molar-refractivity contribution is 6.30. The molecule has 1 atom stereocenters. The zero-order valence-corrected chi connectivity index (χ0v) is 18.9. The van der Waals surface area contributed by atoms with Crippen LogP contribution in [0.4, 0.5) is 5.82 Å². The van der Waals surface area contributed by atoms with E-state index >= 15 is 0 Å². The SMILES string of the molecule is OC1(O)N(c2ncc(Cl)cc2-c2cnccn2)C(O)(O)C(O)(O)N(C2CCC3(CNC3)C2)C1(O)O. The van der Waals surface area contributed by atoms with Gasteiger partial charge in [0.05, 0.1) is 16.9 Å². The van der Waals surface area contributed by atoms with Crippen LogP contribution < -0.4 is 10.2 Å². The van der Waals surface area contributed by atoms with Gasteiger partial charge in [0.25, 0.3) is 0 Å². The fourth-order valence-electron chi connectivity index (χ4n) is 5.30. The van der Waals surface area contributed by atoms with Crippen LogP contribution in [0.25, 0.3) is 11.3 Å². The predicted octanol–water partition coefficient (Wildman–Crippen LogP) is -2.99. The summed E-state index contributed by atoms with van der Waals surface area (Å²) in [7, 11) is 0. The Morgan fingerprint density at radius 1 is 0.886 bits per heavy atom. The molecule has 35 heavy (non-hydrogen) atoms. The van der Waals surface area contributed by atoms with E-state index in [4.69, 9.17) is 11.6 Å². The quantitative estimate of drug-likeness (QED) is 0.187. The lowest BCUT2D eigenvalue weighted by atomic mass is 9.80. The molecule has 2 aliphatic heterocycles. The van der Waals surface area contributed by atoms with Gasteiger partial charge in [-0.15, -0.1) is 0 Å². The molecule has 190 valence electrons. The molecule has 3 aliphatic rings. The van der Waals surface area contributed by atoms with E-state index in [1.165, 1.54) is 24.7 Å². The molecule has 4 heterocycles. The molecular weight excluding hydrogens is 488 g/mol. The summed E-state index contributed by atoms with van der Waals surface area (Å²) in [5, 5.41) is 91.2. The topological polar surface area (TPSA) is 219 Å². The molecule has 2 aromatic rings. The molecule has 9 N–H and O–H groups in total. The molecular formula is C20H25ClN6O8.